The van der Waals surface area contributed by atoms with Crippen LogP contribution in [-0.4, -0.2) is 35.1 Å². The van der Waals surface area contributed by atoms with E-state index in [1.54, 1.807) is 19.1 Å². The molecule has 3 aromatic carbocycles. The van der Waals surface area contributed by atoms with E-state index in [-0.39, 0.29) is 36.3 Å². The fraction of sp³-hybridized carbons (Fsp3) is 0.167. The van der Waals surface area contributed by atoms with Crippen LogP contribution in [0.25, 0.3) is 0 Å². The van der Waals surface area contributed by atoms with Crippen molar-refractivity contribution in [1.82, 2.24) is 5.43 Å². The zero-order valence-corrected chi connectivity index (χ0v) is 19.5. The van der Waals surface area contributed by atoms with E-state index in [1.165, 1.54) is 12.3 Å². The van der Waals surface area contributed by atoms with Crippen molar-refractivity contribution < 1.29 is 24.1 Å². The Bertz CT molecular complexity index is 1290. The number of non-ortho nitro benzene ring substituents is 1. The molecule has 0 aromatic heterocycles. The van der Waals surface area contributed by atoms with Gasteiger partial charge in [0.2, 0.25) is 5.75 Å². The van der Waals surface area contributed by atoms with Crippen LogP contribution in [-0.2, 0) is 4.79 Å². The number of benzene rings is 3. The van der Waals surface area contributed by atoms with E-state index in [0.29, 0.717) is 5.56 Å². The van der Waals surface area contributed by atoms with Gasteiger partial charge in [0.1, 0.15) is 0 Å². The molecule has 3 rings (SSSR count). The van der Waals surface area contributed by atoms with E-state index in [9.17, 15) is 25.0 Å². The monoisotopic (exact) mass is 493 g/mol. The Balaban J connectivity index is 1.68. The molecule has 0 saturated carbocycles. The number of hydrazone groups is 1. The third kappa shape index (κ3) is 7.00. The molecule has 0 heterocycles. The number of ether oxygens (including phenoxy) is 2. The summed E-state index contributed by atoms with van der Waals surface area (Å²) in [6.45, 7) is 4.03. The molecule has 12 heteroatoms. The molecule has 2 N–H and O–H groups in total. The second-order valence-corrected chi connectivity index (χ2v) is 7.42. The van der Waals surface area contributed by atoms with Crippen molar-refractivity contribution in [2.75, 3.05) is 18.5 Å². The van der Waals surface area contributed by atoms with Gasteiger partial charge in [-0.05, 0) is 55.8 Å². The van der Waals surface area contributed by atoms with Crippen LogP contribution in [0, 0.1) is 27.2 Å². The summed E-state index contributed by atoms with van der Waals surface area (Å²) in [4.78, 5) is 32.9. The Labute approximate surface area is 205 Å². The number of rotatable bonds is 11. The normalized spacial score (nSPS) is 10.6. The summed E-state index contributed by atoms with van der Waals surface area (Å²) in [6, 6.07) is 15.4. The summed E-state index contributed by atoms with van der Waals surface area (Å²) in [5.74, 6) is -0.0950. The molecule has 3 aromatic rings. The maximum Gasteiger partial charge on any atom is 0.318 e. The van der Waals surface area contributed by atoms with Crippen LogP contribution in [0.3, 0.4) is 0 Å². The maximum absolute atomic E-state index is 12.0. The van der Waals surface area contributed by atoms with E-state index in [0.717, 1.165) is 29.4 Å². The molecule has 0 bridgehead atoms. The molecule has 12 nitrogen and oxygen atoms in total. The average molecular weight is 493 g/mol. The van der Waals surface area contributed by atoms with Crippen molar-refractivity contribution in [3.63, 3.8) is 0 Å². The highest BCUT2D eigenvalue weighted by Gasteiger charge is 2.22. The number of nitrogens with one attached hydrogen (secondary N) is 2. The summed E-state index contributed by atoms with van der Waals surface area (Å²) in [6.07, 6.45) is 1.41. The molecule has 0 unspecified atom stereocenters. The van der Waals surface area contributed by atoms with Crippen LogP contribution in [0.15, 0.2) is 65.8 Å². The van der Waals surface area contributed by atoms with Crippen LogP contribution in [0.2, 0.25) is 0 Å². The quantitative estimate of drug-likeness (QED) is 0.223. The minimum absolute atomic E-state index is 0.0331. The molecule has 0 radical (unpaired) electrons. The molecule has 0 aliphatic carbocycles. The topological polar surface area (TPSA) is 158 Å². The van der Waals surface area contributed by atoms with Crippen LogP contribution in [0.5, 0.6) is 17.2 Å². The minimum atomic E-state index is -0.764. The number of amides is 1. The molecule has 0 fully saturated rings. The molecule has 0 aliphatic heterocycles. The Morgan fingerprint density at radius 2 is 1.69 bits per heavy atom. The van der Waals surface area contributed by atoms with Gasteiger partial charge in [0.05, 0.1) is 35.3 Å². The molecule has 186 valence electrons. The maximum atomic E-state index is 12.0. The number of nitro groups is 2. The molecule has 0 atom stereocenters. The number of hydrogen-bond donors (Lipinski definition) is 2. The van der Waals surface area contributed by atoms with Gasteiger partial charge in [-0.2, -0.15) is 5.10 Å². The third-order valence-corrected chi connectivity index (χ3v) is 4.75. The van der Waals surface area contributed by atoms with Crippen LogP contribution < -0.4 is 20.2 Å². The van der Waals surface area contributed by atoms with Gasteiger partial charge in [-0.25, -0.2) is 5.43 Å². The standard InChI is InChI=1S/C24H23N5O7/c1-3-35-23-12-17(14-26-27-24(30)15-25-18-7-4-16(2)5-8-18)6-10-22(23)36-21-11-9-19(28(31)32)13-20(21)29(33)34/h4-14,25H,3,15H2,1-2H3,(H,27,30). The van der Waals surface area contributed by atoms with Gasteiger partial charge in [-0.1, -0.05) is 17.7 Å². The van der Waals surface area contributed by atoms with Gasteiger partial charge >= 0.3 is 5.69 Å². The van der Waals surface area contributed by atoms with Gasteiger partial charge in [-0.3, -0.25) is 25.0 Å². The van der Waals surface area contributed by atoms with Gasteiger partial charge in [0.25, 0.3) is 11.6 Å². The number of carbonyl (C=O) groups is 1. The van der Waals surface area contributed by atoms with Gasteiger partial charge in [0.15, 0.2) is 11.5 Å². The molecule has 0 saturated heterocycles. The first-order valence-corrected chi connectivity index (χ1v) is 10.8. The summed E-state index contributed by atoms with van der Waals surface area (Å²) >= 11 is 0. The number of nitro benzene ring substituents is 2. The second kappa shape index (κ2) is 11.9. The second-order valence-electron chi connectivity index (χ2n) is 7.42. The molecular weight excluding hydrogens is 470 g/mol. The lowest BCUT2D eigenvalue weighted by Crippen LogP contribution is -2.25. The fourth-order valence-corrected chi connectivity index (χ4v) is 3.00. The third-order valence-electron chi connectivity index (χ3n) is 4.75. The number of anilines is 1. The smallest absolute Gasteiger partial charge is 0.318 e. The van der Waals surface area contributed by atoms with Crippen LogP contribution in [0.4, 0.5) is 17.1 Å². The molecule has 0 spiro atoms. The SMILES string of the molecule is CCOc1cc(C=NNC(=O)CNc2ccc(C)cc2)ccc1Oc1ccc([N+](=O)[O-])cc1[N+](=O)[O-]. The molecule has 0 aliphatic rings. The minimum Gasteiger partial charge on any atom is -0.490 e. The van der Waals surface area contributed by atoms with Crippen molar-refractivity contribution in [2.45, 2.75) is 13.8 Å². The van der Waals surface area contributed by atoms with E-state index in [1.807, 2.05) is 31.2 Å². The summed E-state index contributed by atoms with van der Waals surface area (Å²) < 4.78 is 11.2. The highest BCUT2D eigenvalue weighted by atomic mass is 16.6. The summed E-state index contributed by atoms with van der Waals surface area (Å²) in [5.41, 5.74) is 3.92. The summed E-state index contributed by atoms with van der Waals surface area (Å²) in [7, 11) is 0. The predicted molar refractivity (Wildman–Crippen MR) is 133 cm³/mol. The van der Waals surface area contributed by atoms with E-state index in [4.69, 9.17) is 9.47 Å². The lowest BCUT2D eigenvalue weighted by molar-refractivity contribution is -0.394. The van der Waals surface area contributed by atoms with Crippen LogP contribution >= 0.6 is 0 Å². The first-order chi connectivity index (χ1) is 17.3. The Kier molecular flexibility index (Phi) is 8.49. The first-order valence-electron chi connectivity index (χ1n) is 10.8. The number of aryl methyl sites for hydroxylation is 1. The molecule has 1 amide bonds. The average Bonchev–Trinajstić information content (AvgIpc) is 2.85. The first kappa shape index (κ1) is 25.6. The van der Waals surface area contributed by atoms with Crippen molar-refractivity contribution >= 4 is 29.2 Å². The van der Waals surface area contributed by atoms with Crippen molar-refractivity contribution in [2.24, 2.45) is 5.10 Å². The van der Waals surface area contributed by atoms with Crippen molar-refractivity contribution in [3.8, 4) is 17.2 Å². The zero-order chi connectivity index (χ0) is 26.1. The van der Waals surface area contributed by atoms with Crippen LogP contribution in [0.1, 0.15) is 18.1 Å². The molecule has 36 heavy (non-hydrogen) atoms. The largest absolute Gasteiger partial charge is 0.490 e. The van der Waals surface area contributed by atoms with Gasteiger partial charge in [0, 0.05) is 11.8 Å². The van der Waals surface area contributed by atoms with Gasteiger partial charge < -0.3 is 14.8 Å². The number of carbonyl (C=O) groups excluding carboxylic acids is 1. The summed E-state index contributed by atoms with van der Waals surface area (Å²) in [5, 5.41) is 29.2. The fourth-order valence-electron chi connectivity index (χ4n) is 3.00. The predicted octanol–water partition coefficient (Wildman–Crippen LogP) is 4.56. The highest BCUT2D eigenvalue weighted by Crippen LogP contribution is 2.38. The van der Waals surface area contributed by atoms with E-state index < -0.39 is 21.2 Å². The lowest BCUT2D eigenvalue weighted by atomic mass is 10.2. The number of hydrogen-bond acceptors (Lipinski definition) is 9. The van der Waals surface area contributed by atoms with Gasteiger partial charge in [-0.15, -0.1) is 0 Å². The number of nitrogens with zero attached hydrogens (tertiary/aromatic N) is 3. The Morgan fingerprint density at radius 1 is 0.972 bits per heavy atom. The lowest BCUT2D eigenvalue weighted by Gasteiger charge is -2.12. The van der Waals surface area contributed by atoms with Crippen molar-refractivity contribution in [3.05, 3.63) is 92.0 Å². The Hall–Kier alpha value is -5.00. The van der Waals surface area contributed by atoms with E-state index >= 15 is 0 Å². The Morgan fingerprint density at radius 3 is 2.36 bits per heavy atom. The van der Waals surface area contributed by atoms with E-state index in [2.05, 4.69) is 15.8 Å². The zero-order valence-electron chi connectivity index (χ0n) is 19.5. The highest BCUT2D eigenvalue weighted by molar-refractivity contribution is 5.85. The van der Waals surface area contributed by atoms with Crippen molar-refractivity contribution in [1.29, 1.82) is 0 Å². The molecular formula is C24H23N5O7.